The topological polar surface area (TPSA) is 69.6 Å². The molecule has 2 N–H and O–H groups in total. The molecule has 102 valence electrons. The molecule has 1 fully saturated rings. The number of urea groups is 1. The highest BCUT2D eigenvalue weighted by molar-refractivity contribution is 5.90. The third kappa shape index (κ3) is 3.24. The van der Waals surface area contributed by atoms with Gasteiger partial charge in [0.05, 0.1) is 6.42 Å². The molecule has 1 aromatic rings. The number of likely N-dealkylation sites (tertiary alicyclic amines) is 1. The molecule has 1 aliphatic rings. The van der Waals surface area contributed by atoms with E-state index in [0.717, 1.165) is 16.8 Å². The van der Waals surface area contributed by atoms with Gasteiger partial charge in [-0.2, -0.15) is 0 Å². The van der Waals surface area contributed by atoms with E-state index in [1.807, 2.05) is 32.0 Å². The number of aryl methyl sites for hydroxylation is 2. The highest BCUT2D eigenvalue weighted by Gasteiger charge is 2.32. The zero-order chi connectivity index (χ0) is 14.0. The first-order valence-electron chi connectivity index (χ1n) is 6.30. The number of anilines is 1. The number of carboxylic acids is 1. The van der Waals surface area contributed by atoms with Gasteiger partial charge < -0.3 is 15.3 Å². The number of aliphatic carboxylic acids is 1. The second-order valence-corrected chi connectivity index (χ2v) is 5.12. The number of hydrogen-bond donors (Lipinski definition) is 2. The van der Waals surface area contributed by atoms with Crippen LogP contribution in [0.2, 0.25) is 0 Å². The third-order valence-corrected chi connectivity index (χ3v) is 3.33. The van der Waals surface area contributed by atoms with Crippen molar-refractivity contribution in [3.05, 3.63) is 29.3 Å². The molecule has 1 aliphatic heterocycles. The van der Waals surface area contributed by atoms with Crippen LogP contribution < -0.4 is 5.32 Å². The van der Waals surface area contributed by atoms with Crippen molar-refractivity contribution >= 4 is 17.7 Å². The number of hydrogen-bond acceptors (Lipinski definition) is 2. The fourth-order valence-corrected chi connectivity index (χ4v) is 2.26. The maximum Gasteiger partial charge on any atom is 0.321 e. The average Bonchev–Trinajstić information content (AvgIpc) is 2.26. The number of rotatable bonds is 3. The molecule has 0 radical (unpaired) electrons. The summed E-state index contributed by atoms with van der Waals surface area (Å²) in [5, 5.41) is 11.5. The second kappa shape index (κ2) is 5.30. The molecular weight excluding hydrogens is 244 g/mol. The van der Waals surface area contributed by atoms with Crippen LogP contribution >= 0.6 is 0 Å². The zero-order valence-electron chi connectivity index (χ0n) is 11.1. The van der Waals surface area contributed by atoms with Crippen molar-refractivity contribution in [1.29, 1.82) is 0 Å². The van der Waals surface area contributed by atoms with Gasteiger partial charge in [0, 0.05) is 24.7 Å². The number of carboxylic acid groups (broad SMARTS) is 1. The van der Waals surface area contributed by atoms with Crippen molar-refractivity contribution in [2.24, 2.45) is 5.92 Å². The highest BCUT2D eigenvalue weighted by atomic mass is 16.4. The van der Waals surface area contributed by atoms with Crippen LogP contribution in [0.1, 0.15) is 17.5 Å². The maximum atomic E-state index is 11.9. The molecule has 1 aromatic carbocycles. The highest BCUT2D eigenvalue weighted by Crippen LogP contribution is 2.22. The lowest BCUT2D eigenvalue weighted by Crippen LogP contribution is -2.52. The van der Waals surface area contributed by atoms with Gasteiger partial charge in [0.1, 0.15) is 0 Å². The molecule has 0 aromatic heterocycles. The van der Waals surface area contributed by atoms with Crippen LogP contribution in [-0.2, 0) is 4.79 Å². The summed E-state index contributed by atoms with van der Waals surface area (Å²) in [5.41, 5.74) is 2.98. The van der Waals surface area contributed by atoms with Crippen molar-refractivity contribution in [3.63, 3.8) is 0 Å². The summed E-state index contributed by atoms with van der Waals surface area (Å²) in [5.74, 6) is -0.721. The molecule has 1 saturated heterocycles. The number of benzene rings is 1. The molecule has 5 heteroatoms. The first kappa shape index (κ1) is 13.4. The van der Waals surface area contributed by atoms with Gasteiger partial charge >= 0.3 is 12.0 Å². The van der Waals surface area contributed by atoms with E-state index in [-0.39, 0.29) is 18.4 Å². The minimum Gasteiger partial charge on any atom is -0.481 e. The quantitative estimate of drug-likeness (QED) is 0.877. The van der Waals surface area contributed by atoms with Gasteiger partial charge in [0.25, 0.3) is 0 Å². The maximum absolute atomic E-state index is 11.9. The smallest absolute Gasteiger partial charge is 0.321 e. The van der Waals surface area contributed by atoms with E-state index < -0.39 is 5.97 Å². The first-order valence-corrected chi connectivity index (χ1v) is 6.30. The fraction of sp³-hybridized carbons (Fsp3) is 0.429. The van der Waals surface area contributed by atoms with Gasteiger partial charge in [-0.25, -0.2) is 4.79 Å². The first-order chi connectivity index (χ1) is 8.95. The Labute approximate surface area is 112 Å². The average molecular weight is 262 g/mol. The number of nitrogens with zero attached hydrogens (tertiary/aromatic N) is 1. The van der Waals surface area contributed by atoms with Gasteiger partial charge in [-0.15, -0.1) is 0 Å². The molecule has 0 bridgehead atoms. The lowest BCUT2D eigenvalue weighted by molar-refractivity contribution is -0.139. The van der Waals surface area contributed by atoms with Crippen LogP contribution in [0.15, 0.2) is 18.2 Å². The molecule has 0 atom stereocenters. The number of amides is 2. The summed E-state index contributed by atoms with van der Waals surface area (Å²) in [6.07, 6.45) is 0.132. The van der Waals surface area contributed by atoms with E-state index in [2.05, 4.69) is 5.32 Å². The lowest BCUT2D eigenvalue weighted by atomic mass is 9.97. The summed E-state index contributed by atoms with van der Waals surface area (Å²) in [4.78, 5) is 24.1. The largest absolute Gasteiger partial charge is 0.481 e. The molecule has 19 heavy (non-hydrogen) atoms. The predicted molar refractivity (Wildman–Crippen MR) is 72.3 cm³/mol. The Balaban J connectivity index is 1.87. The monoisotopic (exact) mass is 262 g/mol. The van der Waals surface area contributed by atoms with Gasteiger partial charge in [-0.1, -0.05) is 17.7 Å². The summed E-state index contributed by atoms with van der Waals surface area (Å²) in [6.45, 7) is 4.99. The minimum absolute atomic E-state index is 0.0855. The van der Waals surface area contributed by atoms with Crippen LogP contribution in [0.5, 0.6) is 0 Å². The van der Waals surface area contributed by atoms with Crippen LogP contribution in [0.25, 0.3) is 0 Å². The Morgan fingerprint density at radius 3 is 2.63 bits per heavy atom. The molecule has 0 saturated carbocycles. The van der Waals surface area contributed by atoms with E-state index in [0.29, 0.717) is 13.1 Å². The van der Waals surface area contributed by atoms with E-state index in [9.17, 15) is 9.59 Å². The Morgan fingerprint density at radius 1 is 1.37 bits per heavy atom. The molecule has 1 heterocycles. The van der Waals surface area contributed by atoms with Crippen molar-refractivity contribution in [3.8, 4) is 0 Å². The van der Waals surface area contributed by atoms with Gasteiger partial charge in [0.2, 0.25) is 0 Å². The van der Waals surface area contributed by atoms with Gasteiger partial charge in [-0.3, -0.25) is 4.79 Å². The van der Waals surface area contributed by atoms with Crippen molar-refractivity contribution in [1.82, 2.24) is 4.90 Å². The van der Waals surface area contributed by atoms with E-state index >= 15 is 0 Å². The van der Waals surface area contributed by atoms with Crippen LogP contribution in [-0.4, -0.2) is 35.1 Å². The normalized spacial score (nSPS) is 14.9. The van der Waals surface area contributed by atoms with Gasteiger partial charge in [-0.05, 0) is 25.5 Å². The molecule has 2 rings (SSSR count). The van der Waals surface area contributed by atoms with Crippen molar-refractivity contribution in [2.75, 3.05) is 18.4 Å². The van der Waals surface area contributed by atoms with E-state index in [1.54, 1.807) is 4.90 Å². The van der Waals surface area contributed by atoms with Crippen molar-refractivity contribution < 1.29 is 14.7 Å². The number of carbonyl (C=O) groups excluding carboxylic acids is 1. The Morgan fingerprint density at radius 2 is 2.05 bits per heavy atom. The molecule has 0 unspecified atom stereocenters. The summed E-state index contributed by atoms with van der Waals surface area (Å²) in [6, 6.07) is 5.69. The van der Waals surface area contributed by atoms with Crippen molar-refractivity contribution in [2.45, 2.75) is 20.3 Å². The molecule has 2 amide bonds. The molecular formula is C14H18N2O3. The molecule has 5 nitrogen and oxygen atoms in total. The Bertz CT molecular complexity index is 507. The Hall–Kier alpha value is -2.04. The van der Waals surface area contributed by atoms with Crippen LogP contribution in [0.4, 0.5) is 10.5 Å². The number of carbonyl (C=O) groups is 2. The third-order valence-electron chi connectivity index (χ3n) is 3.33. The SMILES string of the molecule is Cc1ccc(NC(=O)N2CC(CC(=O)O)C2)c(C)c1. The summed E-state index contributed by atoms with van der Waals surface area (Å²) < 4.78 is 0. The summed E-state index contributed by atoms with van der Waals surface area (Å²) >= 11 is 0. The molecule has 0 aliphatic carbocycles. The number of nitrogens with one attached hydrogen (secondary N) is 1. The van der Waals surface area contributed by atoms with Crippen LogP contribution in [0.3, 0.4) is 0 Å². The zero-order valence-corrected chi connectivity index (χ0v) is 11.1. The molecule has 0 spiro atoms. The fourth-order valence-electron chi connectivity index (χ4n) is 2.26. The second-order valence-electron chi connectivity index (χ2n) is 5.12. The van der Waals surface area contributed by atoms with Gasteiger partial charge in [0.15, 0.2) is 0 Å². The summed E-state index contributed by atoms with van der Waals surface area (Å²) in [7, 11) is 0. The minimum atomic E-state index is -0.806. The van der Waals surface area contributed by atoms with E-state index in [4.69, 9.17) is 5.11 Å². The standard InChI is InChI=1S/C14H18N2O3/c1-9-3-4-12(10(2)5-9)15-14(19)16-7-11(8-16)6-13(17)18/h3-5,11H,6-8H2,1-2H3,(H,15,19)(H,17,18). The predicted octanol–water partition coefficient (Wildman–Crippen LogP) is 2.24. The Kier molecular flexibility index (Phi) is 3.74. The van der Waals surface area contributed by atoms with E-state index in [1.165, 1.54) is 0 Å². The van der Waals surface area contributed by atoms with Crippen LogP contribution in [0, 0.1) is 19.8 Å². The lowest BCUT2D eigenvalue weighted by Gasteiger charge is -2.38.